The van der Waals surface area contributed by atoms with Gasteiger partial charge >= 0.3 is 6.61 Å². The summed E-state index contributed by atoms with van der Waals surface area (Å²) in [5.74, 6) is -0.493. The first-order chi connectivity index (χ1) is 14.1. The lowest BCUT2D eigenvalue weighted by molar-refractivity contribution is -0.0512. The summed E-state index contributed by atoms with van der Waals surface area (Å²) in [7, 11) is -0.934. The number of benzene rings is 2. The van der Waals surface area contributed by atoms with Crippen LogP contribution < -0.4 is 14.8 Å². The van der Waals surface area contributed by atoms with Crippen LogP contribution in [-0.4, -0.2) is 45.4 Å². The number of nitrogens with zero attached hydrogens (tertiary/aromatic N) is 1. The van der Waals surface area contributed by atoms with Crippen LogP contribution in [0.25, 0.3) is 0 Å². The van der Waals surface area contributed by atoms with Crippen molar-refractivity contribution in [3.63, 3.8) is 0 Å². The SMILES string of the molecule is COc1cc(CNC(=O)c2cccc(S(=O)(=O)N(C)C(C)C)c2)ccc1OC(F)F. The van der Waals surface area contributed by atoms with Gasteiger partial charge in [0.25, 0.3) is 5.91 Å². The van der Waals surface area contributed by atoms with E-state index in [1.807, 2.05) is 0 Å². The molecule has 0 atom stereocenters. The lowest BCUT2D eigenvalue weighted by atomic mass is 10.1. The van der Waals surface area contributed by atoms with Crippen LogP contribution in [-0.2, 0) is 16.6 Å². The fourth-order valence-electron chi connectivity index (χ4n) is 2.54. The molecule has 10 heteroatoms. The van der Waals surface area contributed by atoms with Gasteiger partial charge in [-0.25, -0.2) is 8.42 Å². The summed E-state index contributed by atoms with van der Waals surface area (Å²) < 4.78 is 60.7. The molecule has 2 rings (SSSR count). The summed E-state index contributed by atoms with van der Waals surface area (Å²) >= 11 is 0. The molecule has 1 amide bonds. The van der Waals surface area contributed by atoms with Crippen molar-refractivity contribution in [1.82, 2.24) is 9.62 Å². The summed E-state index contributed by atoms with van der Waals surface area (Å²) in [6, 6.07) is 9.80. The molecule has 0 saturated carbocycles. The van der Waals surface area contributed by atoms with Gasteiger partial charge in [0.1, 0.15) is 0 Å². The van der Waals surface area contributed by atoms with Crippen molar-refractivity contribution in [3.8, 4) is 11.5 Å². The Kier molecular flexibility index (Phi) is 7.74. The Morgan fingerprint density at radius 2 is 1.83 bits per heavy atom. The number of alkyl halides is 2. The Balaban J connectivity index is 2.14. The molecule has 0 fully saturated rings. The highest BCUT2D eigenvalue weighted by Crippen LogP contribution is 2.29. The van der Waals surface area contributed by atoms with Crippen molar-refractivity contribution < 1.29 is 31.5 Å². The van der Waals surface area contributed by atoms with Crippen LogP contribution in [0.15, 0.2) is 47.4 Å². The van der Waals surface area contributed by atoms with Crippen LogP contribution in [0.5, 0.6) is 11.5 Å². The Morgan fingerprint density at radius 1 is 1.13 bits per heavy atom. The van der Waals surface area contributed by atoms with E-state index >= 15 is 0 Å². The predicted molar refractivity (Wildman–Crippen MR) is 107 cm³/mol. The molecule has 0 aliphatic heterocycles. The van der Waals surface area contributed by atoms with Gasteiger partial charge in [0.2, 0.25) is 10.0 Å². The lowest BCUT2D eigenvalue weighted by Gasteiger charge is -2.21. The minimum Gasteiger partial charge on any atom is -0.493 e. The van der Waals surface area contributed by atoms with Crippen molar-refractivity contribution in [3.05, 3.63) is 53.6 Å². The van der Waals surface area contributed by atoms with Crippen molar-refractivity contribution >= 4 is 15.9 Å². The number of ether oxygens (including phenoxy) is 2. The number of carbonyl (C=O) groups excluding carboxylic acids is 1. The molecule has 30 heavy (non-hydrogen) atoms. The van der Waals surface area contributed by atoms with E-state index < -0.39 is 22.5 Å². The van der Waals surface area contributed by atoms with E-state index in [0.29, 0.717) is 5.56 Å². The fourth-order valence-corrected chi connectivity index (χ4v) is 3.96. The third kappa shape index (κ3) is 5.67. The zero-order valence-electron chi connectivity index (χ0n) is 17.1. The number of hydrogen-bond donors (Lipinski definition) is 1. The van der Waals surface area contributed by atoms with Gasteiger partial charge in [-0.3, -0.25) is 4.79 Å². The highest BCUT2D eigenvalue weighted by atomic mass is 32.2. The molecular weight excluding hydrogens is 418 g/mol. The van der Waals surface area contributed by atoms with E-state index in [1.165, 1.54) is 60.9 Å². The number of amides is 1. The number of carbonyl (C=O) groups is 1. The maximum Gasteiger partial charge on any atom is 0.387 e. The first-order valence-corrected chi connectivity index (χ1v) is 10.5. The average molecular weight is 442 g/mol. The van der Waals surface area contributed by atoms with Gasteiger partial charge in [-0.1, -0.05) is 12.1 Å². The summed E-state index contributed by atoms with van der Waals surface area (Å²) in [4.78, 5) is 12.5. The molecule has 0 aromatic heterocycles. The topological polar surface area (TPSA) is 84.9 Å². The van der Waals surface area contributed by atoms with Crippen LogP contribution >= 0.6 is 0 Å². The smallest absolute Gasteiger partial charge is 0.387 e. The molecule has 0 aliphatic rings. The van der Waals surface area contributed by atoms with E-state index in [1.54, 1.807) is 13.8 Å². The number of rotatable bonds is 9. The molecule has 2 aromatic rings. The molecule has 0 aliphatic carbocycles. The number of halogens is 2. The molecular formula is C20H24F2N2O5S. The first-order valence-electron chi connectivity index (χ1n) is 9.04. The number of nitrogens with one attached hydrogen (secondary N) is 1. The van der Waals surface area contributed by atoms with Crippen LogP contribution in [0.3, 0.4) is 0 Å². The Bertz CT molecular complexity index is 996. The zero-order chi connectivity index (χ0) is 22.5. The van der Waals surface area contributed by atoms with Crippen molar-refractivity contribution in [2.75, 3.05) is 14.2 Å². The first kappa shape index (κ1) is 23.6. The fraction of sp³-hybridized carbons (Fsp3) is 0.350. The average Bonchev–Trinajstić information content (AvgIpc) is 2.71. The monoisotopic (exact) mass is 442 g/mol. The highest BCUT2D eigenvalue weighted by molar-refractivity contribution is 7.89. The normalized spacial score (nSPS) is 11.8. The molecule has 0 radical (unpaired) electrons. The van der Waals surface area contributed by atoms with E-state index in [0.717, 1.165) is 0 Å². The zero-order valence-corrected chi connectivity index (χ0v) is 17.9. The lowest BCUT2D eigenvalue weighted by Crippen LogP contribution is -2.33. The summed E-state index contributed by atoms with van der Waals surface area (Å²) in [6.07, 6.45) is 0. The minimum atomic E-state index is -3.72. The van der Waals surface area contributed by atoms with Gasteiger partial charge in [0, 0.05) is 25.2 Å². The third-order valence-corrected chi connectivity index (χ3v) is 6.43. The summed E-state index contributed by atoms with van der Waals surface area (Å²) in [5.41, 5.74) is 0.767. The van der Waals surface area contributed by atoms with Crippen molar-refractivity contribution in [2.24, 2.45) is 0 Å². The number of hydrogen-bond acceptors (Lipinski definition) is 5. The second-order valence-electron chi connectivity index (χ2n) is 6.69. The van der Waals surface area contributed by atoms with E-state index in [9.17, 15) is 22.0 Å². The number of methoxy groups -OCH3 is 1. The van der Waals surface area contributed by atoms with E-state index in [4.69, 9.17) is 4.74 Å². The standard InChI is InChI=1S/C20H24F2N2O5S/c1-13(2)24(3)30(26,27)16-7-5-6-15(11-16)19(25)23-12-14-8-9-17(29-20(21)22)18(10-14)28-4/h5-11,13,20H,12H2,1-4H3,(H,23,25). The highest BCUT2D eigenvalue weighted by Gasteiger charge is 2.24. The maximum atomic E-state index is 12.6. The molecule has 0 spiro atoms. The van der Waals surface area contributed by atoms with E-state index in [-0.39, 0.29) is 34.5 Å². The second-order valence-corrected chi connectivity index (χ2v) is 8.69. The minimum absolute atomic E-state index is 0.0153. The molecule has 0 bridgehead atoms. The molecule has 2 aromatic carbocycles. The third-order valence-electron chi connectivity index (χ3n) is 4.40. The van der Waals surface area contributed by atoms with Crippen LogP contribution in [0, 0.1) is 0 Å². The quantitative estimate of drug-likeness (QED) is 0.644. The van der Waals surface area contributed by atoms with Gasteiger partial charge in [-0.15, -0.1) is 0 Å². The van der Waals surface area contributed by atoms with Gasteiger partial charge in [-0.2, -0.15) is 13.1 Å². The van der Waals surface area contributed by atoms with Crippen molar-refractivity contribution in [2.45, 2.75) is 37.9 Å². The maximum absolute atomic E-state index is 12.6. The molecule has 0 heterocycles. The molecule has 0 unspecified atom stereocenters. The Morgan fingerprint density at radius 3 is 2.43 bits per heavy atom. The van der Waals surface area contributed by atoms with Gasteiger partial charge in [0.15, 0.2) is 11.5 Å². The largest absolute Gasteiger partial charge is 0.493 e. The summed E-state index contributed by atoms with van der Waals surface area (Å²) in [6.45, 7) is 0.593. The predicted octanol–water partition coefficient (Wildman–Crippen LogP) is 3.26. The van der Waals surface area contributed by atoms with Gasteiger partial charge in [0.05, 0.1) is 12.0 Å². The van der Waals surface area contributed by atoms with E-state index in [2.05, 4.69) is 10.1 Å². The van der Waals surface area contributed by atoms with Crippen LogP contribution in [0.1, 0.15) is 29.8 Å². The molecule has 0 saturated heterocycles. The Hall–Kier alpha value is -2.72. The van der Waals surface area contributed by atoms with Crippen molar-refractivity contribution in [1.29, 1.82) is 0 Å². The molecule has 1 N–H and O–H groups in total. The summed E-state index contributed by atoms with van der Waals surface area (Å²) in [5, 5.41) is 2.67. The molecule has 164 valence electrons. The van der Waals surface area contributed by atoms with Crippen LogP contribution in [0.4, 0.5) is 8.78 Å². The number of sulfonamides is 1. The van der Waals surface area contributed by atoms with Gasteiger partial charge in [-0.05, 0) is 49.7 Å². The van der Waals surface area contributed by atoms with Crippen LogP contribution in [0.2, 0.25) is 0 Å². The second kappa shape index (κ2) is 9.86. The van der Waals surface area contributed by atoms with Gasteiger partial charge < -0.3 is 14.8 Å². The molecule has 7 nitrogen and oxygen atoms in total. The Labute approximate surface area is 174 Å².